The third-order valence-electron chi connectivity index (χ3n) is 3.56. The standard InChI is InChI=1S/C14H21BrN2OSi/c1-10-13-8-12(15)6-7-14(13)17(16-10)9-18-11(2)19(3,4)5/h6-8,11H,9H2,1-5H3. The van der Waals surface area contributed by atoms with E-state index in [9.17, 15) is 0 Å². The van der Waals surface area contributed by atoms with Crippen molar-refractivity contribution in [1.82, 2.24) is 9.78 Å². The Morgan fingerprint density at radius 2 is 2.05 bits per heavy atom. The minimum atomic E-state index is -1.25. The zero-order chi connectivity index (χ0) is 14.2. The topological polar surface area (TPSA) is 27.1 Å². The van der Waals surface area contributed by atoms with Gasteiger partial charge in [0.25, 0.3) is 0 Å². The summed E-state index contributed by atoms with van der Waals surface area (Å²) < 4.78 is 9.03. The molecule has 0 N–H and O–H groups in total. The maximum absolute atomic E-state index is 5.99. The number of hydrogen-bond donors (Lipinski definition) is 0. The monoisotopic (exact) mass is 340 g/mol. The average Bonchev–Trinajstić information content (AvgIpc) is 2.61. The number of ether oxygens (including phenoxy) is 1. The molecule has 2 rings (SSSR count). The van der Waals surface area contributed by atoms with E-state index in [1.807, 2.05) is 17.7 Å². The van der Waals surface area contributed by atoms with E-state index in [-0.39, 0.29) is 0 Å². The van der Waals surface area contributed by atoms with Gasteiger partial charge in [-0.1, -0.05) is 35.6 Å². The predicted octanol–water partition coefficient (Wildman–Crippen LogP) is 4.35. The molecule has 0 saturated heterocycles. The molecule has 0 amide bonds. The molecule has 0 saturated carbocycles. The van der Waals surface area contributed by atoms with E-state index in [4.69, 9.17) is 4.74 Å². The molecular weight excluding hydrogens is 320 g/mol. The van der Waals surface area contributed by atoms with Gasteiger partial charge in [0.05, 0.1) is 19.3 Å². The summed E-state index contributed by atoms with van der Waals surface area (Å²) in [6.45, 7) is 11.7. The molecule has 5 heteroatoms. The Bertz CT molecular complexity index is 589. The SMILES string of the molecule is Cc1nn(COC(C)[Si](C)(C)C)c2ccc(Br)cc12. The second-order valence-electron chi connectivity index (χ2n) is 6.05. The fraction of sp³-hybridized carbons (Fsp3) is 0.500. The number of nitrogens with zero attached hydrogens (tertiary/aromatic N) is 2. The Hall–Kier alpha value is -0.653. The summed E-state index contributed by atoms with van der Waals surface area (Å²) in [5.74, 6) is 0. The van der Waals surface area contributed by atoms with Crippen LogP contribution in [0.4, 0.5) is 0 Å². The van der Waals surface area contributed by atoms with Crippen molar-refractivity contribution in [3.8, 4) is 0 Å². The van der Waals surface area contributed by atoms with E-state index in [2.05, 4.69) is 59.7 Å². The summed E-state index contributed by atoms with van der Waals surface area (Å²) in [7, 11) is -1.25. The molecule has 2 aromatic rings. The summed E-state index contributed by atoms with van der Waals surface area (Å²) in [6.07, 6.45) is 0. The minimum Gasteiger partial charge on any atom is -0.360 e. The Balaban J connectivity index is 2.22. The first kappa shape index (κ1) is 14.7. The van der Waals surface area contributed by atoms with Gasteiger partial charge in [0.15, 0.2) is 0 Å². The Morgan fingerprint density at radius 1 is 1.37 bits per heavy atom. The summed E-state index contributed by atoms with van der Waals surface area (Å²) in [6, 6.07) is 6.24. The summed E-state index contributed by atoms with van der Waals surface area (Å²) in [5.41, 5.74) is 2.49. The highest BCUT2D eigenvalue weighted by Crippen LogP contribution is 2.23. The highest BCUT2D eigenvalue weighted by Gasteiger charge is 2.23. The second kappa shape index (κ2) is 5.38. The van der Waals surface area contributed by atoms with Gasteiger partial charge in [-0.05, 0) is 32.0 Å². The van der Waals surface area contributed by atoms with Gasteiger partial charge in [-0.2, -0.15) is 5.10 Å². The summed E-state index contributed by atoms with van der Waals surface area (Å²) >= 11 is 3.50. The normalized spacial score (nSPS) is 14.0. The number of rotatable bonds is 4. The molecule has 0 aliphatic carbocycles. The zero-order valence-electron chi connectivity index (χ0n) is 12.2. The molecule has 104 valence electrons. The number of benzene rings is 1. The molecule has 3 nitrogen and oxygen atoms in total. The fourth-order valence-electron chi connectivity index (χ4n) is 1.84. The molecule has 1 aromatic carbocycles. The number of hydrogen-bond acceptors (Lipinski definition) is 2. The van der Waals surface area contributed by atoms with E-state index in [0.717, 1.165) is 15.7 Å². The Morgan fingerprint density at radius 3 is 2.68 bits per heavy atom. The van der Waals surface area contributed by atoms with E-state index in [0.29, 0.717) is 12.5 Å². The van der Waals surface area contributed by atoms with Gasteiger partial charge >= 0.3 is 0 Å². The van der Waals surface area contributed by atoms with Crippen LogP contribution in [0.15, 0.2) is 22.7 Å². The van der Waals surface area contributed by atoms with Crippen LogP contribution in [0.5, 0.6) is 0 Å². The van der Waals surface area contributed by atoms with Crippen molar-refractivity contribution < 1.29 is 4.74 Å². The molecule has 0 spiro atoms. The van der Waals surface area contributed by atoms with E-state index in [1.54, 1.807) is 0 Å². The first-order valence-corrected chi connectivity index (χ1v) is 10.9. The Kier molecular flexibility index (Phi) is 4.18. The summed E-state index contributed by atoms with van der Waals surface area (Å²) in [4.78, 5) is 0. The number of aryl methyl sites for hydroxylation is 1. The van der Waals surface area contributed by atoms with Crippen molar-refractivity contribution in [3.63, 3.8) is 0 Å². The van der Waals surface area contributed by atoms with Crippen molar-refractivity contribution in [1.29, 1.82) is 0 Å². The molecule has 0 fully saturated rings. The quantitative estimate of drug-likeness (QED) is 0.773. The molecule has 0 bridgehead atoms. The predicted molar refractivity (Wildman–Crippen MR) is 86.1 cm³/mol. The first-order valence-electron chi connectivity index (χ1n) is 6.53. The molecule has 0 aliphatic heterocycles. The van der Waals surface area contributed by atoms with Crippen molar-refractivity contribution >= 4 is 34.9 Å². The van der Waals surface area contributed by atoms with Crippen molar-refractivity contribution in [2.45, 2.75) is 45.9 Å². The van der Waals surface area contributed by atoms with Gasteiger partial charge in [-0.15, -0.1) is 0 Å². The van der Waals surface area contributed by atoms with E-state index >= 15 is 0 Å². The van der Waals surface area contributed by atoms with Crippen molar-refractivity contribution in [2.75, 3.05) is 0 Å². The van der Waals surface area contributed by atoms with Gasteiger partial charge in [0.2, 0.25) is 0 Å². The van der Waals surface area contributed by atoms with Crippen LogP contribution in [-0.4, -0.2) is 23.6 Å². The smallest absolute Gasteiger partial charge is 0.139 e. The first-order chi connectivity index (χ1) is 8.79. The van der Waals surface area contributed by atoms with Crippen LogP contribution in [-0.2, 0) is 11.5 Å². The van der Waals surface area contributed by atoms with Crippen LogP contribution in [0.25, 0.3) is 10.9 Å². The lowest BCUT2D eigenvalue weighted by atomic mass is 10.2. The van der Waals surface area contributed by atoms with Crippen molar-refractivity contribution in [2.24, 2.45) is 0 Å². The fourth-order valence-corrected chi connectivity index (χ4v) is 2.78. The molecule has 1 aromatic heterocycles. The largest absolute Gasteiger partial charge is 0.360 e. The maximum Gasteiger partial charge on any atom is 0.139 e. The highest BCUT2D eigenvalue weighted by molar-refractivity contribution is 9.10. The van der Waals surface area contributed by atoms with Crippen LogP contribution >= 0.6 is 15.9 Å². The second-order valence-corrected chi connectivity index (χ2v) is 12.5. The van der Waals surface area contributed by atoms with Gasteiger partial charge < -0.3 is 4.74 Å². The highest BCUT2D eigenvalue weighted by atomic mass is 79.9. The molecule has 1 unspecified atom stereocenters. The lowest BCUT2D eigenvalue weighted by Crippen LogP contribution is -2.38. The molecule has 19 heavy (non-hydrogen) atoms. The molecule has 0 radical (unpaired) electrons. The lowest BCUT2D eigenvalue weighted by molar-refractivity contribution is 0.0516. The van der Waals surface area contributed by atoms with Crippen molar-refractivity contribution in [3.05, 3.63) is 28.4 Å². The molecular formula is C14H21BrN2OSi. The number of aromatic nitrogens is 2. The molecule has 1 heterocycles. The van der Waals surface area contributed by atoms with E-state index < -0.39 is 8.07 Å². The summed E-state index contributed by atoms with van der Waals surface area (Å²) in [5, 5.41) is 5.75. The third-order valence-corrected chi connectivity index (χ3v) is 6.66. The van der Waals surface area contributed by atoms with Gasteiger partial charge in [-0.25, -0.2) is 4.68 Å². The van der Waals surface area contributed by atoms with Crippen LogP contribution < -0.4 is 0 Å². The number of halogens is 1. The minimum absolute atomic E-state index is 0.322. The number of fused-ring (bicyclic) bond motifs is 1. The maximum atomic E-state index is 5.99. The van der Waals surface area contributed by atoms with Gasteiger partial charge in [0, 0.05) is 15.6 Å². The van der Waals surface area contributed by atoms with Crippen LogP contribution in [0, 0.1) is 6.92 Å². The Labute approximate surface area is 124 Å². The van der Waals surface area contributed by atoms with E-state index in [1.165, 1.54) is 5.39 Å². The van der Waals surface area contributed by atoms with Crippen LogP contribution in [0.2, 0.25) is 19.6 Å². The average molecular weight is 341 g/mol. The zero-order valence-corrected chi connectivity index (χ0v) is 14.8. The van der Waals surface area contributed by atoms with Gasteiger partial charge in [-0.3, -0.25) is 0 Å². The third kappa shape index (κ3) is 3.27. The molecule has 0 aliphatic rings. The lowest BCUT2D eigenvalue weighted by Gasteiger charge is -2.25. The van der Waals surface area contributed by atoms with Gasteiger partial charge in [0.1, 0.15) is 6.73 Å². The van der Waals surface area contributed by atoms with Crippen LogP contribution in [0.3, 0.4) is 0 Å². The molecule has 1 atom stereocenters. The van der Waals surface area contributed by atoms with Crippen LogP contribution in [0.1, 0.15) is 12.6 Å².